The molecule has 0 radical (unpaired) electrons. The molecule has 1 aromatic rings. The Labute approximate surface area is 132 Å². The van der Waals surface area contributed by atoms with Crippen LogP contribution in [0.15, 0.2) is 24.3 Å². The number of rotatable bonds is 5. The summed E-state index contributed by atoms with van der Waals surface area (Å²) in [7, 11) is 0. The van der Waals surface area contributed by atoms with Crippen LogP contribution in [0.1, 0.15) is 71.9 Å². The molecule has 0 saturated carbocycles. The summed E-state index contributed by atoms with van der Waals surface area (Å²) in [5.74, 6) is 1.14. The Kier molecular flexibility index (Phi) is 9.24. The van der Waals surface area contributed by atoms with Gasteiger partial charge < -0.3 is 4.79 Å². The molecule has 0 fully saturated rings. The van der Waals surface area contributed by atoms with Crippen molar-refractivity contribution < 1.29 is 4.79 Å². The molecule has 1 heteroatoms. The van der Waals surface area contributed by atoms with Crippen LogP contribution in [0.4, 0.5) is 0 Å². The van der Waals surface area contributed by atoms with Crippen LogP contribution >= 0.6 is 0 Å². The molecule has 0 amide bonds. The van der Waals surface area contributed by atoms with Gasteiger partial charge in [0, 0.05) is 6.42 Å². The van der Waals surface area contributed by atoms with Crippen molar-refractivity contribution in [1.29, 1.82) is 0 Å². The van der Waals surface area contributed by atoms with Crippen LogP contribution in [-0.2, 0) is 11.2 Å². The SMILES string of the molecule is CC(=O)CC(C)(C)C.CCC(CC)Cc1ccccc1C. The lowest BCUT2D eigenvalue weighted by Gasteiger charge is -2.14. The summed E-state index contributed by atoms with van der Waals surface area (Å²) in [5, 5.41) is 0. The van der Waals surface area contributed by atoms with Gasteiger partial charge in [-0.25, -0.2) is 0 Å². The van der Waals surface area contributed by atoms with Gasteiger partial charge in [0.25, 0.3) is 0 Å². The van der Waals surface area contributed by atoms with E-state index in [0.717, 1.165) is 5.92 Å². The summed E-state index contributed by atoms with van der Waals surface area (Å²) in [6.07, 6.45) is 4.53. The molecule has 0 unspecified atom stereocenters. The molecule has 0 heterocycles. The van der Waals surface area contributed by atoms with Gasteiger partial charge >= 0.3 is 0 Å². The van der Waals surface area contributed by atoms with Crippen LogP contribution in [0, 0.1) is 18.3 Å². The summed E-state index contributed by atoms with van der Waals surface area (Å²) in [6, 6.07) is 8.72. The topological polar surface area (TPSA) is 17.1 Å². The van der Waals surface area contributed by atoms with Gasteiger partial charge in [-0.3, -0.25) is 0 Å². The normalized spacial score (nSPS) is 11.0. The van der Waals surface area contributed by atoms with Gasteiger partial charge in [0.05, 0.1) is 0 Å². The molecule has 1 rings (SSSR count). The molecule has 0 aliphatic rings. The second-order valence-corrected chi connectivity index (χ2v) is 7.25. The lowest BCUT2D eigenvalue weighted by Crippen LogP contribution is -2.09. The molecule has 0 aliphatic heterocycles. The van der Waals surface area contributed by atoms with E-state index >= 15 is 0 Å². The monoisotopic (exact) mass is 290 g/mol. The van der Waals surface area contributed by atoms with Crippen LogP contribution in [0.2, 0.25) is 0 Å². The summed E-state index contributed by atoms with van der Waals surface area (Å²) in [4.78, 5) is 10.5. The number of benzene rings is 1. The Bertz CT molecular complexity index is 408. The van der Waals surface area contributed by atoms with Crippen molar-refractivity contribution in [2.45, 2.75) is 74.1 Å². The lowest BCUT2D eigenvalue weighted by molar-refractivity contribution is -0.118. The van der Waals surface area contributed by atoms with Crippen molar-refractivity contribution in [2.75, 3.05) is 0 Å². The van der Waals surface area contributed by atoms with Crippen LogP contribution < -0.4 is 0 Å². The Morgan fingerprint density at radius 1 is 1.10 bits per heavy atom. The molecule has 0 atom stereocenters. The lowest BCUT2D eigenvalue weighted by atomic mass is 9.91. The highest BCUT2D eigenvalue weighted by Crippen LogP contribution is 2.18. The third kappa shape index (κ3) is 10.3. The van der Waals surface area contributed by atoms with Crippen LogP contribution in [0.5, 0.6) is 0 Å². The quantitative estimate of drug-likeness (QED) is 0.651. The van der Waals surface area contributed by atoms with E-state index in [-0.39, 0.29) is 11.2 Å². The minimum atomic E-state index is 0.172. The minimum absolute atomic E-state index is 0.172. The maximum atomic E-state index is 10.5. The second kappa shape index (κ2) is 9.76. The predicted octanol–water partition coefficient (Wildman–Crippen LogP) is 5.99. The maximum Gasteiger partial charge on any atom is 0.130 e. The Hall–Kier alpha value is -1.11. The van der Waals surface area contributed by atoms with Gasteiger partial charge in [0.15, 0.2) is 0 Å². The molecule has 1 nitrogen and oxygen atoms in total. The fourth-order valence-electron chi connectivity index (χ4n) is 2.47. The van der Waals surface area contributed by atoms with Crippen LogP contribution in [-0.4, -0.2) is 5.78 Å². The first-order valence-electron chi connectivity index (χ1n) is 8.23. The van der Waals surface area contributed by atoms with E-state index < -0.39 is 0 Å². The van der Waals surface area contributed by atoms with E-state index in [9.17, 15) is 4.79 Å². The van der Waals surface area contributed by atoms with Gasteiger partial charge in [-0.2, -0.15) is 0 Å². The van der Waals surface area contributed by atoms with E-state index in [1.807, 2.05) is 0 Å². The fraction of sp³-hybridized carbons (Fsp3) is 0.650. The number of carbonyl (C=O) groups excluding carboxylic acids is 1. The number of Topliss-reactive ketones (excluding diaryl/α,β-unsaturated/α-hetero) is 1. The highest BCUT2D eigenvalue weighted by Gasteiger charge is 2.11. The van der Waals surface area contributed by atoms with E-state index in [1.165, 1.54) is 30.4 Å². The van der Waals surface area contributed by atoms with Crippen molar-refractivity contribution in [3.8, 4) is 0 Å². The smallest absolute Gasteiger partial charge is 0.130 e. The number of hydrogen-bond acceptors (Lipinski definition) is 1. The first-order valence-corrected chi connectivity index (χ1v) is 8.23. The third-order valence-corrected chi connectivity index (χ3v) is 3.70. The van der Waals surface area contributed by atoms with Crippen molar-refractivity contribution >= 4 is 5.78 Å². The molecule has 21 heavy (non-hydrogen) atoms. The van der Waals surface area contributed by atoms with Crippen molar-refractivity contribution in [3.05, 3.63) is 35.4 Å². The summed E-state index contributed by atoms with van der Waals surface area (Å²) in [6.45, 7) is 14.6. The fourth-order valence-corrected chi connectivity index (χ4v) is 2.47. The van der Waals surface area contributed by atoms with Gasteiger partial charge in [-0.1, -0.05) is 71.7 Å². The van der Waals surface area contributed by atoms with E-state index in [0.29, 0.717) is 6.42 Å². The Balaban J connectivity index is 0.000000433. The van der Waals surface area contributed by atoms with E-state index in [4.69, 9.17) is 0 Å². The molecule has 0 bridgehead atoms. The number of ketones is 1. The zero-order chi connectivity index (χ0) is 16.5. The largest absolute Gasteiger partial charge is 0.300 e. The minimum Gasteiger partial charge on any atom is -0.300 e. The summed E-state index contributed by atoms with van der Waals surface area (Å²) in [5.41, 5.74) is 3.14. The Morgan fingerprint density at radius 3 is 1.95 bits per heavy atom. The second-order valence-electron chi connectivity index (χ2n) is 7.25. The first-order chi connectivity index (χ1) is 9.69. The molecule has 0 saturated heterocycles. The average molecular weight is 290 g/mol. The van der Waals surface area contributed by atoms with Gasteiger partial charge in [-0.15, -0.1) is 0 Å². The maximum absolute atomic E-state index is 10.5. The van der Waals surface area contributed by atoms with Crippen LogP contribution in [0.3, 0.4) is 0 Å². The van der Waals surface area contributed by atoms with Crippen molar-refractivity contribution in [2.24, 2.45) is 11.3 Å². The van der Waals surface area contributed by atoms with Gasteiger partial charge in [0.1, 0.15) is 5.78 Å². The van der Waals surface area contributed by atoms with Crippen LogP contribution in [0.25, 0.3) is 0 Å². The van der Waals surface area contributed by atoms with E-state index in [2.05, 4.69) is 65.8 Å². The Morgan fingerprint density at radius 2 is 1.62 bits per heavy atom. The average Bonchev–Trinajstić information content (AvgIpc) is 2.35. The van der Waals surface area contributed by atoms with Gasteiger partial charge in [0.2, 0.25) is 0 Å². The summed E-state index contributed by atoms with van der Waals surface area (Å²) >= 11 is 0. The number of carbonyl (C=O) groups is 1. The summed E-state index contributed by atoms with van der Waals surface area (Å²) < 4.78 is 0. The molecule has 0 aliphatic carbocycles. The molecular weight excluding hydrogens is 256 g/mol. The van der Waals surface area contributed by atoms with Gasteiger partial charge in [-0.05, 0) is 42.7 Å². The van der Waals surface area contributed by atoms with Crippen molar-refractivity contribution in [1.82, 2.24) is 0 Å². The molecular formula is C20H34O. The van der Waals surface area contributed by atoms with E-state index in [1.54, 1.807) is 6.92 Å². The highest BCUT2D eigenvalue weighted by atomic mass is 16.1. The third-order valence-electron chi connectivity index (χ3n) is 3.70. The first kappa shape index (κ1) is 19.9. The molecule has 0 spiro atoms. The molecule has 0 aromatic heterocycles. The molecule has 0 N–H and O–H groups in total. The standard InChI is InChI=1S/C13H20.C7H14O/c1-4-12(5-2)10-13-9-7-6-8-11(13)3;1-6(8)5-7(2,3)4/h6-9,12H,4-5,10H2,1-3H3;5H2,1-4H3. The zero-order valence-electron chi connectivity index (χ0n) is 15.1. The predicted molar refractivity (Wildman–Crippen MR) is 93.7 cm³/mol. The number of aryl methyl sites for hydroxylation is 1. The van der Waals surface area contributed by atoms with Crippen molar-refractivity contribution in [3.63, 3.8) is 0 Å². The molecule has 120 valence electrons. The molecule has 1 aromatic carbocycles. The highest BCUT2D eigenvalue weighted by molar-refractivity contribution is 5.76. The number of hydrogen-bond donors (Lipinski definition) is 0. The zero-order valence-corrected chi connectivity index (χ0v) is 15.1.